The van der Waals surface area contributed by atoms with E-state index in [2.05, 4.69) is 15.3 Å². The van der Waals surface area contributed by atoms with Crippen LogP contribution in [0, 0.1) is 0 Å². The van der Waals surface area contributed by atoms with Crippen LogP contribution >= 0.6 is 0 Å². The van der Waals surface area contributed by atoms with Crippen LogP contribution in [0.1, 0.15) is 12.5 Å². The van der Waals surface area contributed by atoms with Crippen molar-refractivity contribution in [3.05, 3.63) is 30.1 Å². The lowest BCUT2D eigenvalue weighted by Crippen LogP contribution is -2.04. The zero-order valence-corrected chi connectivity index (χ0v) is 11.8. The summed E-state index contributed by atoms with van der Waals surface area (Å²) in [5, 5.41) is 3.22. The van der Waals surface area contributed by atoms with Crippen LogP contribution in [0.2, 0.25) is 0 Å². The molecule has 1 aromatic heterocycles. The first-order valence-corrected chi connectivity index (χ1v) is 6.27. The molecular weight excluding hydrogens is 256 g/mol. The van der Waals surface area contributed by atoms with E-state index < -0.39 is 0 Å². The molecule has 0 fully saturated rings. The van der Waals surface area contributed by atoms with Gasteiger partial charge in [-0.15, -0.1) is 0 Å². The number of aromatic nitrogens is 2. The van der Waals surface area contributed by atoms with Crippen LogP contribution in [-0.4, -0.2) is 24.2 Å². The highest BCUT2D eigenvalue weighted by atomic mass is 16.5. The molecule has 0 aliphatic heterocycles. The fourth-order valence-electron chi connectivity index (χ4n) is 1.90. The standard InChI is InChI=1S/C14H18N4O2/c1-4-12-13(15)16-8-17-14(12)18-9-5-10(19-2)7-11(6-9)20-3/h5-8H,4H2,1-3H3,(H3,15,16,17,18). The molecule has 20 heavy (non-hydrogen) atoms. The molecule has 2 rings (SSSR count). The SMILES string of the molecule is CCc1c(N)ncnc1Nc1cc(OC)cc(OC)c1. The number of ether oxygens (including phenoxy) is 2. The summed E-state index contributed by atoms with van der Waals surface area (Å²) in [5.74, 6) is 2.58. The Morgan fingerprint density at radius 2 is 1.75 bits per heavy atom. The third-order valence-electron chi connectivity index (χ3n) is 2.95. The molecule has 0 saturated heterocycles. The third kappa shape index (κ3) is 2.90. The maximum atomic E-state index is 5.86. The Hall–Kier alpha value is -2.50. The Morgan fingerprint density at radius 1 is 1.10 bits per heavy atom. The molecule has 0 unspecified atom stereocenters. The molecule has 106 valence electrons. The van der Waals surface area contributed by atoms with Gasteiger partial charge >= 0.3 is 0 Å². The molecular formula is C14H18N4O2. The number of benzene rings is 1. The highest BCUT2D eigenvalue weighted by Crippen LogP contribution is 2.29. The van der Waals surface area contributed by atoms with Crippen LogP contribution in [0.4, 0.5) is 17.3 Å². The summed E-state index contributed by atoms with van der Waals surface area (Å²) < 4.78 is 10.5. The molecule has 0 spiro atoms. The molecule has 0 aliphatic carbocycles. The predicted octanol–water partition coefficient (Wildman–Crippen LogP) is 2.38. The number of nitrogens with one attached hydrogen (secondary N) is 1. The maximum absolute atomic E-state index is 5.86. The van der Waals surface area contributed by atoms with Gasteiger partial charge in [0.05, 0.1) is 14.2 Å². The van der Waals surface area contributed by atoms with Gasteiger partial charge in [0.25, 0.3) is 0 Å². The molecule has 0 radical (unpaired) electrons. The summed E-state index contributed by atoms with van der Waals surface area (Å²) in [5.41, 5.74) is 7.55. The molecule has 2 aromatic rings. The van der Waals surface area contributed by atoms with Crippen LogP contribution in [-0.2, 0) is 6.42 Å². The first kappa shape index (κ1) is 13.9. The summed E-state index contributed by atoms with van der Waals surface area (Å²) in [6, 6.07) is 5.53. The van der Waals surface area contributed by atoms with Gasteiger partial charge in [-0.2, -0.15) is 0 Å². The van der Waals surface area contributed by atoms with Gasteiger partial charge in [-0.3, -0.25) is 0 Å². The van der Waals surface area contributed by atoms with E-state index in [9.17, 15) is 0 Å². The van der Waals surface area contributed by atoms with Crippen molar-refractivity contribution in [2.45, 2.75) is 13.3 Å². The number of hydrogen-bond donors (Lipinski definition) is 2. The van der Waals surface area contributed by atoms with Gasteiger partial charge in [0.1, 0.15) is 29.5 Å². The molecule has 0 saturated carbocycles. The zero-order chi connectivity index (χ0) is 14.5. The summed E-state index contributed by atoms with van der Waals surface area (Å²) >= 11 is 0. The second kappa shape index (κ2) is 6.10. The van der Waals surface area contributed by atoms with Gasteiger partial charge in [-0.1, -0.05) is 6.92 Å². The Morgan fingerprint density at radius 3 is 2.30 bits per heavy atom. The third-order valence-corrected chi connectivity index (χ3v) is 2.95. The van der Waals surface area contributed by atoms with Gasteiger partial charge in [0.15, 0.2) is 0 Å². The van der Waals surface area contributed by atoms with Crippen molar-refractivity contribution in [1.82, 2.24) is 9.97 Å². The summed E-state index contributed by atoms with van der Waals surface area (Å²) in [4.78, 5) is 8.23. The predicted molar refractivity (Wildman–Crippen MR) is 78.7 cm³/mol. The number of nitrogens with zero attached hydrogens (tertiary/aromatic N) is 2. The molecule has 0 bridgehead atoms. The smallest absolute Gasteiger partial charge is 0.139 e. The van der Waals surface area contributed by atoms with E-state index in [1.54, 1.807) is 20.3 Å². The van der Waals surface area contributed by atoms with E-state index in [0.29, 0.717) is 23.1 Å². The van der Waals surface area contributed by atoms with Crippen molar-refractivity contribution < 1.29 is 9.47 Å². The second-order valence-corrected chi connectivity index (χ2v) is 4.17. The van der Waals surface area contributed by atoms with Gasteiger partial charge in [0, 0.05) is 29.4 Å². The van der Waals surface area contributed by atoms with E-state index in [1.807, 2.05) is 19.1 Å². The van der Waals surface area contributed by atoms with Crippen molar-refractivity contribution in [2.75, 3.05) is 25.3 Å². The van der Waals surface area contributed by atoms with Crippen LogP contribution in [0.15, 0.2) is 24.5 Å². The number of methoxy groups -OCH3 is 2. The van der Waals surface area contributed by atoms with Crippen molar-refractivity contribution in [3.63, 3.8) is 0 Å². The number of rotatable bonds is 5. The molecule has 1 aromatic carbocycles. The molecule has 3 N–H and O–H groups in total. The summed E-state index contributed by atoms with van der Waals surface area (Å²) in [7, 11) is 3.22. The van der Waals surface area contributed by atoms with E-state index in [1.165, 1.54) is 6.33 Å². The van der Waals surface area contributed by atoms with Crippen LogP contribution < -0.4 is 20.5 Å². The Kier molecular flexibility index (Phi) is 4.24. The summed E-state index contributed by atoms with van der Waals surface area (Å²) in [6.45, 7) is 2.01. The first-order chi connectivity index (χ1) is 9.67. The summed E-state index contributed by atoms with van der Waals surface area (Å²) in [6.07, 6.45) is 2.18. The van der Waals surface area contributed by atoms with Crippen LogP contribution in [0.3, 0.4) is 0 Å². The quantitative estimate of drug-likeness (QED) is 0.871. The lowest BCUT2D eigenvalue weighted by atomic mass is 10.2. The van der Waals surface area contributed by atoms with E-state index in [4.69, 9.17) is 15.2 Å². The lowest BCUT2D eigenvalue weighted by Gasteiger charge is -2.13. The topological polar surface area (TPSA) is 82.3 Å². The Labute approximate surface area is 118 Å². The molecule has 0 atom stereocenters. The van der Waals surface area contributed by atoms with Gasteiger partial charge < -0.3 is 20.5 Å². The minimum absolute atomic E-state index is 0.486. The average molecular weight is 274 g/mol. The van der Waals surface area contributed by atoms with E-state index in [-0.39, 0.29) is 0 Å². The molecule has 1 heterocycles. The number of nitrogen functional groups attached to an aromatic ring is 1. The van der Waals surface area contributed by atoms with Crippen molar-refractivity contribution in [3.8, 4) is 11.5 Å². The van der Waals surface area contributed by atoms with E-state index in [0.717, 1.165) is 17.7 Å². The molecule has 6 heteroatoms. The van der Waals surface area contributed by atoms with Crippen LogP contribution in [0.5, 0.6) is 11.5 Å². The minimum Gasteiger partial charge on any atom is -0.497 e. The second-order valence-electron chi connectivity index (χ2n) is 4.17. The number of hydrogen-bond acceptors (Lipinski definition) is 6. The Bertz CT molecular complexity index is 579. The van der Waals surface area contributed by atoms with Gasteiger partial charge in [-0.25, -0.2) is 9.97 Å². The normalized spacial score (nSPS) is 10.2. The van der Waals surface area contributed by atoms with Crippen molar-refractivity contribution in [1.29, 1.82) is 0 Å². The highest BCUT2D eigenvalue weighted by Gasteiger charge is 2.09. The van der Waals surface area contributed by atoms with Crippen LogP contribution in [0.25, 0.3) is 0 Å². The van der Waals surface area contributed by atoms with E-state index >= 15 is 0 Å². The van der Waals surface area contributed by atoms with Crippen molar-refractivity contribution in [2.24, 2.45) is 0 Å². The zero-order valence-electron chi connectivity index (χ0n) is 11.8. The fourth-order valence-corrected chi connectivity index (χ4v) is 1.90. The first-order valence-electron chi connectivity index (χ1n) is 6.27. The van der Waals surface area contributed by atoms with Crippen molar-refractivity contribution >= 4 is 17.3 Å². The van der Waals surface area contributed by atoms with Gasteiger partial charge in [-0.05, 0) is 6.42 Å². The lowest BCUT2D eigenvalue weighted by molar-refractivity contribution is 0.395. The molecule has 6 nitrogen and oxygen atoms in total. The average Bonchev–Trinajstić information content (AvgIpc) is 2.47. The molecule has 0 aliphatic rings. The number of anilines is 3. The fraction of sp³-hybridized carbons (Fsp3) is 0.286. The minimum atomic E-state index is 0.486. The maximum Gasteiger partial charge on any atom is 0.139 e. The Balaban J connectivity index is 2.37. The monoisotopic (exact) mass is 274 g/mol. The largest absolute Gasteiger partial charge is 0.497 e. The van der Waals surface area contributed by atoms with Gasteiger partial charge in [0.2, 0.25) is 0 Å². The number of nitrogens with two attached hydrogens (primary N) is 1. The molecule has 0 amide bonds. The highest BCUT2D eigenvalue weighted by molar-refractivity contribution is 5.66.